The second-order valence-corrected chi connectivity index (χ2v) is 8.56. The van der Waals surface area contributed by atoms with Crippen molar-refractivity contribution in [2.24, 2.45) is 0 Å². The molecule has 3 N–H and O–H groups in total. The molecule has 3 fully saturated rings. The summed E-state index contributed by atoms with van der Waals surface area (Å²) >= 11 is 0. The number of carbonyl (C=O) groups is 1. The van der Waals surface area contributed by atoms with Crippen LogP contribution in [0.25, 0.3) is 0 Å². The maximum Gasteiger partial charge on any atom is 0.409 e. The molecule has 9 nitrogen and oxygen atoms in total. The molecule has 0 bridgehead atoms. The fourth-order valence-electron chi connectivity index (χ4n) is 4.60. The van der Waals surface area contributed by atoms with E-state index < -0.39 is 0 Å². The fraction of sp³-hybridized carbons (Fsp3) is 0.762. The highest BCUT2D eigenvalue weighted by molar-refractivity contribution is 5.67. The minimum Gasteiger partial charge on any atom is -0.447 e. The van der Waals surface area contributed by atoms with Crippen LogP contribution in [0.4, 0.5) is 16.6 Å². The zero-order chi connectivity index (χ0) is 20.9. The smallest absolute Gasteiger partial charge is 0.409 e. The molecule has 0 spiro atoms. The Hall–Kier alpha value is -2.13. The lowest BCUT2D eigenvalue weighted by molar-refractivity contribution is -0.0288. The van der Waals surface area contributed by atoms with Crippen LogP contribution >= 0.6 is 0 Å². The standard InChI is InChI=1S/C21H34N6O3/c1-23-16-7-10-27(13-16)19-12-18(24-20(22)25-19)15-5-8-26(9-6-15)21(28)30-14-17-4-2-3-11-29-17/h12,15-17,23H,2-11,13-14H2,1H3,(H2,22,24,25)/t16-,17?/m1/s1. The van der Waals surface area contributed by atoms with E-state index in [0.717, 1.165) is 69.7 Å². The van der Waals surface area contributed by atoms with Crippen LogP contribution in [0.15, 0.2) is 6.07 Å². The van der Waals surface area contributed by atoms with Crippen molar-refractivity contribution in [3.8, 4) is 0 Å². The van der Waals surface area contributed by atoms with Crippen molar-refractivity contribution < 1.29 is 14.3 Å². The monoisotopic (exact) mass is 418 g/mol. The van der Waals surface area contributed by atoms with Crippen molar-refractivity contribution >= 4 is 17.9 Å². The zero-order valence-corrected chi connectivity index (χ0v) is 17.9. The van der Waals surface area contributed by atoms with Crippen LogP contribution in [0.2, 0.25) is 0 Å². The SMILES string of the molecule is CN[C@@H]1CCN(c2cc(C3CCN(C(=O)OCC4CCCCO4)CC3)nc(N)n2)C1. The van der Waals surface area contributed by atoms with Gasteiger partial charge in [-0.1, -0.05) is 0 Å². The highest BCUT2D eigenvalue weighted by Gasteiger charge is 2.28. The first-order valence-electron chi connectivity index (χ1n) is 11.2. The average Bonchev–Trinajstić information content (AvgIpc) is 3.27. The fourth-order valence-corrected chi connectivity index (χ4v) is 4.60. The minimum absolute atomic E-state index is 0.0516. The molecule has 166 valence electrons. The van der Waals surface area contributed by atoms with E-state index in [-0.39, 0.29) is 18.1 Å². The summed E-state index contributed by atoms with van der Waals surface area (Å²) in [6.45, 7) is 4.36. The Balaban J connectivity index is 1.30. The molecule has 1 amide bonds. The molecular formula is C21H34N6O3. The Kier molecular flexibility index (Phi) is 6.89. The number of ether oxygens (including phenoxy) is 2. The lowest BCUT2D eigenvalue weighted by Crippen LogP contribution is -2.40. The third-order valence-electron chi connectivity index (χ3n) is 6.51. The Morgan fingerprint density at radius 3 is 2.77 bits per heavy atom. The van der Waals surface area contributed by atoms with Crippen LogP contribution in [0.3, 0.4) is 0 Å². The third-order valence-corrected chi connectivity index (χ3v) is 6.51. The highest BCUT2D eigenvalue weighted by atomic mass is 16.6. The Morgan fingerprint density at radius 1 is 1.23 bits per heavy atom. The number of piperidine rings is 1. The van der Waals surface area contributed by atoms with Gasteiger partial charge in [0.15, 0.2) is 0 Å². The lowest BCUT2D eigenvalue weighted by atomic mass is 9.93. The molecule has 1 unspecified atom stereocenters. The molecule has 3 aliphatic rings. The van der Waals surface area contributed by atoms with Crippen LogP contribution in [0, 0.1) is 0 Å². The average molecular weight is 419 g/mol. The number of nitrogens with zero attached hydrogens (tertiary/aromatic N) is 4. The van der Waals surface area contributed by atoms with Crippen LogP contribution in [0.5, 0.6) is 0 Å². The van der Waals surface area contributed by atoms with Crippen molar-refractivity contribution in [3.63, 3.8) is 0 Å². The van der Waals surface area contributed by atoms with Gasteiger partial charge < -0.3 is 30.3 Å². The van der Waals surface area contributed by atoms with Gasteiger partial charge in [-0.25, -0.2) is 9.78 Å². The summed E-state index contributed by atoms with van der Waals surface area (Å²) in [6, 6.07) is 2.56. The number of rotatable bonds is 5. The number of likely N-dealkylation sites (N-methyl/N-ethyl adjacent to an activating group) is 1. The van der Waals surface area contributed by atoms with Gasteiger partial charge in [0.05, 0.1) is 11.8 Å². The number of anilines is 2. The molecule has 1 aromatic heterocycles. The van der Waals surface area contributed by atoms with E-state index in [2.05, 4.69) is 26.3 Å². The summed E-state index contributed by atoms with van der Waals surface area (Å²) in [5.41, 5.74) is 7.01. The van der Waals surface area contributed by atoms with E-state index >= 15 is 0 Å². The van der Waals surface area contributed by atoms with Gasteiger partial charge in [-0.2, -0.15) is 4.98 Å². The van der Waals surface area contributed by atoms with E-state index in [4.69, 9.17) is 15.2 Å². The van der Waals surface area contributed by atoms with E-state index in [9.17, 15) is 4.79 Å². The molecule has 0 aromatic carbocycles. The summed E-state index contributed by atoms with van der Waals surface area (Å²) in [5.74, 6) is 1.51. The minimum atomic E-state index is -0.235. The van der Waals surface area contributed by atoms with Gasteiger partial charge in [0.25, 0.3) is 0 Å². The number of hydrogen-bond donors (Lipinski definition) is 2. The van der Waals surface area contributed by atoms with Gasteiger partial charge in [-0.3, -0.25) is 0 Å². The highest BCUT2D eigenvalue weighted by Crippen LogP contribution is 2.30. The van der Waals surface area contributed by atoms with Crippen molar-refractivity contribution in [2.75, 3.05) is 57.1 Å². The Bertz CT molecular complexity index is 719. The van der Waals surface area contributed by atoms with Gasteiger partial charge in [0, 0.05) is 50.8 Å². The van der Waals surface area contributed by atoms with Gasteiger partial charge >= 0.3 is 6.09 Å². The predicted molar refractivity (Wildman–Crippen MR) is 115 cm³/mol. The lowest BCUT2D eigenvalue weighted by Gasteiger charge is -2.32. The van der Waals surface area contributed by atoms with Crippen LogP contribution in [0.1, 0.15) is 50.1 Å². The molecule has 30 heavy (non-hydrogen) atoms. The summed E-state index contributed by atoms with van der Waals surface area (Å²) in [4.78, 5) is 25.4. The summed E-state index contributed by atoms with van der Waals surface area (Å²) in [5, 5.41) is 3.33. The topological polar surface area (TPSA) is 106 Å². The van der Waals surface area contributed by atoms with Gasteiger partial charge in [0.2, 0.25) is 5.95 Å². The molecular weight excluding hydrogens is 384 g/mol. The third kappa shape index (κ3) is 5.13. The molecule has 4 heterocycles. The molecule has 9 heteroatoms. The van der Waals surface area contributed by atoms with E-state index in [1.807, 2.05) is 7.05 Å². The Labute approximate surface area is 178 Å². The number of likely N-dealkylation sites (tertiary alicyclic amines) is 1. The number of nitrogen functional groups attached to an aromatic ring is 1. The molecule has 0 saturated carbocycles. The van der Waals surface area contributed by atoms with Crippen LogP contribution in [-0.2, 0) is 9.47 Å². The second kappa shape index (κ2) is 9.78. The maximum atomic E-state index is 12.4. The predicted octanol–water partition coefficient (Wildman–Crippen LogP) is 1.74. The van der Waals surface area contributed by atoms with E-state index in [1.165, 1.54) is 0 Å². The second-order valence-electron chi connectivity index (χ2n) is 8.56. The van der Waals surface area contributed by atoms with Crippen molar-refractivity contribution in [1.29, 1.82) is 0 Å². The largest absolute Gasteiger partial charge is 0.447 e. The molecule has 3 saturated heterocycles. The van der Waals surface area contributed by atoms with E-state index in [1.54, 1.807) is 4.90 Å². The Morgan fingerprint density at radius 2 is 2.07 bits per heavy atom. The van der Waals surface area contributed by atoms with Crippen LogP contribution < -0.4 is 16.0 Å². The molecule has 4 rings (SSSR count). The molecule has 1 aromatic rings. The van der Waals surface area contributed by atoms with Gasteiger partial charge in [0.1, 0.15) is 12.4 Å². The number of aromatic nitrogens is 2. The van der Waals surface area contributed by atoms with Crippen molar-refractivity contribution in [1.82, 2.24) is 20.2 Å². The zero-order valence-electron chi connectivity index (χ0n) is 17.9. The first-order chi connectivity index (χ1) is 14.6. The van der Waals surface area contributed by atoms with Gasteiger partial charge in [-0.15, -0.1) is 0 Å². The quantitative estimate of drug-likeness (QED) is 0.745. The number of hydrogen-bond acceptors (Lipinski definition) is 8. The number of carbonyl (C=O) groups excluding carboxylic acids is 1. The molecule has 3 aliphatic heterocycles. The van der Waals surface area contributed by atoms with Gasteiger partial charge in [-0.05, 0) is 45.6 Å². The normalized spacial score (nSPS) is 25.5. The van der Waals surface area contributed by atoms with E-state index in [0.29, 0.717) is 31.7 Å². The molecule has 2 atom stereocenters. The summed E-state index contributed by atoms with van der Waals surface area (Å²) in [7, 11) is 1.99. The first-order valence-corrected chi connectivity index (χ1v) is 11.2. The molecule has 0 aliphatic carbocycles. The summed E-state index contributed by atoms with van der Waals surface area (Å²) < 4.78 is 11.1. The number of amides is 1. The van der Waals surface area contributed by atoms with Crippen molar-refractivity contribution in [3.05, 3.63) is 11.8 Å². The first kappa shape index (κ1) is 21.1. The number of nitrogens with two attached hydrogens (primary N) is 1. The van der Waals surface area contributed by atoms with Crippen molar-refractivity contribution in [2.45, 2.75) is 56.6 Å². The maximum absolute atomic E-state index is 12.4. The number of nitrogens with one attached hydrogen (secondary N) is 1. The van der Waals surface area contributed by atoms with Crippen LogP contribution in [-0.4, -0.2) is 79.5 Å². The molecule has 0 radical (unpaired) electrons. The summed E-state index contributed by atoms with van der Waals surface area (Å²) in [6.07, 6.45) is 5.83.